The molecule has 5 nitrogen and oxygen atoms in total. The number of aryl methyl sites for hydroxylation is 2. The van der Waals surface area contributed by atoms with E-state index in [4.69, 9.17) is 4.98 Å². The van der Waals surface area contributed by atoms with Gasteiger partial charge in [-0.3, -0.25) is 9.58 Å². The lowest BCUT2D eigenvalue weighted by molar-refractivity contribution is 0.233. The molecule has 1 saturated heterocycles. The zero-order valence-electron chi connectivity index (χ0n) is 12.3. The third-order valence-corrected chi connectivity index (χ3v) is 4.72. The first-order chi connectivity index (χ1) is 9.65. The zero-order valence-corrected chi connectivity index (χ0v) is 13.1. The SMILES string of the molecule is Cc1nn(C)c(C)c1-c1csc(CN2CCNCC2)n1. The molecule has 3 rings (SSSR count). The minimum absolute atomic E-state index is 0.963. The van der Waals surface area contributed by atoms with E-state index in [-0.39, 0.29) is 0 Å². The number of hydrogen-bond acceptors (Lipinski definition) is 5. The van der Waals surface area contributed by atoms with Crippen molar-refractivity contribution >= 4 is 11.3 Å². The highest BCUT2D eigenvalue weighted by atomic mass is 32.1. The van der Waals surface area contributed by atoms with Gasteiger partial charge in [0, 0.05) is 49.9 Å². The van der Waals surface area contributed by atoms with Crippen molar-refractivity contribution in [1.29, 1.82) is 0 Å². The molecule has 0 radical (unpaired) electrons. The second-order valence-electron chi connectivity index (χ2n) is 5.32. The maximum atomic E-state index is 4.81. The van der Waals surface area contributed by atoms with Gasteiger partial charge in [0.05, 0.1) is 17.9 Å². The van der Waals surface area contributed by atoms with Crippen LogP contribution in [0, 0.1) is 13.8 Å². The van der Waals surface area contributed by atoms with Crippen LogP contribution in [0.4, 0.5) is 0 Å². The predicted octanol–water partition coefficient (Wildman–Crippen LogP) is 1.57. The smallest absolute Gasteiger partial charge is 0.107 e. The first kappa shape index (κ1) is 13.7. The number of piperazine rings is 1. The Kier molecular flexibility index (Phi) is 3.87. The van der Waals surface area contributed by atoms with Crippen LogP contribution < -0.4 is 5.32 Å². The fraction of sp³-hybridized carbons (Fsp3) is 0.571. The van der Waals surface area contributed by atoms with Gasteiger partial charge in [0.15, 0.2) is 0 Å². The fourth-order valence-corrected chi connectivity index (χ4v) is 3.53. The van der Waals surface area contributed by atoms with Gasteiger partial charge in [-0.2, -0.15) is 5.10 Å². The van der Waals surface area contributed by atoms with Crippen molar-refractivity contribution in [1.82, 2.24) is 25.0 Å². The minimum atomic E-state index is 0.963. The molecular formula is C14H21N5S. The highest BCUT2D eigenvalue weighted by Gasteiger charge is 2.16. The van der Waals surface area contributed by atoms with Crippen LogP contribution >= 0.6 is 11.3 Å². The third kappa shape index (κ3) is 2.63. The molecule has 3 heterocycles. The summed E-state index contributed by atoms with van der Waals surface area (Å²) in [6, 6.07) is 0. The molecule has 2 aromatic rings. The second kappa shape index (κ2) is 5.63. The van der Waals surface area contributed by atoms with Crippen LogP contribution in [0.15, 0.2) is 5.38 Å². The molecule has 1 N–H and O–H groups in total. The molecule has 0 spiro atoms. The van der Waals surface area contributed by atoms with Gasteiger partial charge in [-0.05, 0) is 13.8 Å². The lowest BCUT2D eigenvalue weighted by Gasteiger charge is -2.26. The molecule has 0 atom stereocenters. The molecule has 0 aromatic carbocycles. The number of nitrogens with one attached hydrogen (secondary N) is 1. The van der Waals surface area contributed by atoms with Crippen molar-refractivity contribution < 1.29 is 0 Å². The summed E-state index contributed by atoms with van der Waals surface area (Å²) >= 11 is 1.75. The largest absolute Gasteiger partial charge is 0.314 e. The maximum absolute atomic E-state index is 4.81. The lowest BCUT2D eigenvalue weighted by Crippen LogP contribution is -2.42. The van der Waals surface area contributed by atoms with Crippen LogP contribution in [0.2, 0.25) is 0 Å². The number of rotatable bonds is 3. The van der Waals surface area contributed by atoms with Crippen LogP contribution in [0.5, 0.6) is 0 Å². The molecular weight excluding hydrogens is 270 g/mol. The number of aromatic nitrogens is 3. The quantitative estimate of drug-likeness (QED) is 0.932. The van der Waals surface area contributed by atoms with E-state index in [9.17, 15) is 0 Å². The zero-order chi connectivity index (χ0) is 14.1. The maximum Gasteiger partial charge on any atom is 0.107 e. The molecule has 1 aliphatic rings. The number of hydrogen-bond donors (Lipinski definition) is 1. The molecule has 20 heavy (non-hydrogen) atoms. The topological polar surface area (TPSA) is 46.0 Å². The van der Waals surface area contributed by atoms with Crippen molar-refractivity contribution in [3.8, 4) is 11.3 Å². The highest BCUT2D eigenvalue weighted by Crippen LogP contribution is 2.28. The summed E-state index contributed by atoms with van der Waals surface area (Å²) in [6.45, 7) is 9.50. The summed E-state index contributed by atoms with van der Waals surface area (Å²) in [5, 5.41) is 11.2. The molecule has 0 aliphatic carbocycles. The average molecular weight is 291 g/mol. The first-order valence-electron chi connectivity index (χ1n) is 7.03. The van der Waals surface area contributed by atoms with E-state index in [2.05, 4.69) is 34.5 Å². The van der Waals surface area contributed by atoms with Crippen molar-refractivity contribution in [2.45, 2.75) is 20.4 Å². The average Bonchev–Trinajstić information content (AvgIpc) is 2.97. The van der Waals surface area contributed by atoms with Crippen LogP contribution in [-0.2, 0) is 13.6 Å². The Morgan fingerprint density at radius 3 is 2.70 bits per heavy atom. The summed E-state index contributed by atoms with van der Waals surface area (Å²) in [6.07, 6.45) is 0. The second-order valence-corrected chi connectivity index (χ2v) is 6.26. The summed E-state index contributed by atoms with van der Waals surface area (Å²) in [5.41, 5.74) is 4.50. The van der Waals surface area contributed by atoms with Crippen molar-refractivity contribution in [3.63, 3.8) is 0 Å². The summed E-state index contributed by atoms with van der Waals surface area (Å²) < 4.78 is 1.93. The molecule has 6 heteroatoms. The summed E-state index contributed by atoms with van der Waals surface area (Å²) in [7, 11) is 1.99. The van der Waals surface area contributed by atoms with Gasteiger partial charge < -0.3 is 5.32 Å². The van der Waals surface area contributed by atoms with Gasteiger partial charge in [-0.15, -0.1) is 11.3 Å². The van der Waals surface area contributed by atoms with E-state index in [1.54, 1.807) is 11.3 Å². The van der Waals surface area contributed by atoms with E-state index in [0.717, 1.165) is 44.1 Å². The minimum Gasteiger partial charge on any atom is -0.314 e. The van der Waals surface area contributed by atoms with E-state index >= 15 is 0 Å². The Labute approximate surface area is 123 Å². The van der Waals surface area contributed by atoms with E-state index in [0.29, 0.717) is 0 Å². The van der Waals surface area contributed by atoms with Crippen molar-refractivity contribution in [3.05, 3.63) is 21.8 Å². The Balaban J connectivity index is 1.79. The Morgan fingerprint density at radius 1 is 1.30 bits per heavy atom. The molecule has 108 valence electrons. The van der Waals surface area contributed by atoms with E-state index < -0.39 is 0 Å². The predicted molar refractivity (Wildman–Crippen MR) is 81.9 cm³/mol. The van der Waals surface area contributed by atoms with Crippen LogP contribution in [0.1, 0.15) is 16.4 Å². The van der Waals surface area contributed by atoms with Gasteiger partial charge in [0.25, 0.3) is 0 Å². The van der Waals surface area contributed by atoms with Crippen LogP contribution in [0.25, 0.3) is 11.3 Å². The van der Waals surface area contributed by atoms with E-state index in [1.807, 2.05) is 11.7 Å². The van der Waals surface area contributed by atoms with Crippen LogP contribution in [-0.4, -0.2) is 45.8 Å². The van der Waals surface area contributed by atoms with Gasteiger partial charge >= 0.3 is 0 Å². The van der Waals surface area contributed by atoms with Crippen molar-refractivity contribution in [2.24, 2.45) is 7.05 Å². The molecule has 1 fully saturated rings. The molecule has 0 amide bonds. The van der Waals surface area contributed by atoms with Gasteiger partial charge in [0.2, 0.25) is 0 Å². The van der Waals surface area contributed by atoms with Crippen molar-refractivity contribution in [2.75, 3.05) is 26.2 Å². The molecule has 2 aromatic heterocycles. The van der Waals surface area contributed by atoms with Gasteiger partial charge in [-0.1, -0.05) is 0 Å². The Morgan fingerprint density at radius 2 is 2.05 bits per heavy atom. The number of thiazole rings is 1. The molecule has 0 saturated carbocycles. The van der Waals surface area contributed by atoms with Gasteiger partial charge in [-0.25, -0.2) is 4.98 Å². The molecule has 0 bridgehead atoms. The first-order valence-corrected chi connectivity index (χ1v) is 7.91. The number of nitrogens with zero attached hydrogens (tertiary/aromatic N) is 4. The molecule has 1 aliphatic heterocycles. The Hall–Kier alpha value is -1.24. The van der Waals surface area contributed by atoms with Crippen LogP contribution in [0.3, 0.4) is 0 Å². The lowest BCUT2D eigenvalue weighted by atomic mass is 10.1. The Bertz CT molecular complexity index is 595. The highest BCUT2D eigenvalue weighted by molar-refractivity contribution is 7.09. The standard InChI is InChI=1S/C14H21N5S/c1-10-14(11(2)18(3)17-10)12-9-20-13(16-12)8-19-6-4-15-5-7-19/h9,15H,4-8H2,1-3H3. The fourth-order valence-electron chi connectivity index (χ4n) is 2.70. The van der Waals surface area contributed by atoms with E-state index in [1.165, 1.54) is 16.3 Å². The normalized spacial score (nSPS) is 16.8. The third-order valence-electron chi connectivity index (χ3n) is 3.89. The monoisotopic (exact) mass is 291 g/mol. The summed E-state index contributed by atoms with van der Waals surface area (Å²) in [5.74, 6) is 0. The molecule has 0 unspecified atom stereocenters. The van der Waals surface area contributed by atoms with Gasteiger partial charge in [0.1, 0.15) is 5.01 Å². The summed E-state index contributed by atoms with van der Waals surface area (Å²) in [4.78, 5) is 7.27.